The van der Waals surface area contributed by atoms with Gasteiger partial charge in [0.15, 0.2) is 6.61 Å². The molecule has 2 atom stereocenters. The van der Waals surface area contributed by atoms with Gasteiger partial charge < -0.3 is 9.64 Å². The molecule has 1 aromatic carbocycles. The van der Waals surface area contributed by atoms with Gasteiger partial charge in [-0.25, -0.2) is 5.43 Å². The molecular formula is C19H27N3O2S. The summed E-state index contributed by atoms with van der Waals surface area (Å²) in [5.74, 6) is 2.12. The predicted octanol–water partition coefficient (Wildman–Crippen LogP) is 2.10. The summed E-state index contributed by atoms with van der Waals surface area (Å²) in [4.78, 5) is 14.8. The predicted molar refractivity (Wildman–Crippen MR) is 101 cm³/mol. The van der Waals surface area contributed by atoms with Crippen LogP contribution in [0.25, 0.3) is 0 Å². The second-order valence-electron chi connectivity index (χ2n) is 7.13. The van der Waals surface area contributed by atoms with Crippen LogP contribution in [0.1, 0.15) is 36.8 Å². The smallest absolute Gasteiger partial charge is 0.261 e. The first-order valence-corrected chi connectivity index (χ1v) is 10.5. The molecule has 0 saturated carbocycles. The van der Waals surface area contributed by atoms with E-state index in [1.165, 1.54) is 42.6 Å². The summed E-state index contributed by atoms with van der Waals surface area (Å²) >= 11 is 1.99. The number of ether oxygens (including phenoxy) is 1. The van der Waals surface area contributed by atoms with Crippen LogP contribution in [0.4, 0.5) is 0 Å². The maximum atomic E-state index is 12.8. The fraction of sp³-hybridized carbons (Fsp3) is 0.632. The Bertz CT molecular complexity index is 613. The van der Waals surface area contributed by atoms with Crippen molar-refractivity contribution >= 4 is 17.7 Å². The highest BCUT2D eigenvalue weighted by molar-refractivity contribution is 8.00. The number of carbonyl (C=O) groups is 1. The molecule has 1 aliphatic carbocycles. The number of nitrogens with zero attached hydrogens (tertiary/aromatic N) is 1. The molecule has 5 nitrogen and oxygen atoms in total. The molecule has 6 heteroatoms. The Hall–Kier alpha value is -1.24. The van der Waals surface area contributed by atoms with Crippen molar-refractivity contribution in [1.82, 2.24) is 15.8 Å². The van der Waals surface area contributed by atoms with Crippen molar-refractivity contribution in [3.63, 3.8) is 0 Å². The van der Waals surface area contributed by atoms with Gasteiger partial charge in [-0.05, 0) is 67.5 Å². The lowest BCUT2D eigenvalue weighted by Crippen LogP contribution is -2.51. The van der Waals surface area contributed by atoms with Gasteiger partial charge in [0.2, 0.25) is 0 Å². The number of rotatable bonds is 6. The lowest BCUT2D eigenvalue weighted by molar-refractivity contribution is -0.136. The Morgan fingerprint density at radius 1 is 1.24 bits per heavy atom. The molecule has 0 bridgehead atoms. The summed E-state index contributed by atoms with van der Waals surface area (Å²) in [6.07, 6.45) is 7.02. The largest absolute Gasteiger partial charge is 0.484 e. The number of thioether (sulfide) groups is 1. The molecule has 2 saturated heterocycles. The number of hydrazine groups is 1. The molecule has 2 N–H and O–H groups in total. The number of hydrogen-bond acceptors (Lipinski definition) is 5. The van der Waals surface area contributed by atoms with Crippen molar-refractivity contribution < 1.29 is 9.53 Å². The van der Waals surface area contributed by atoms with E-state index < -0.39 is 0 Å². The highest BCUT2D eigenvalue weighted by Crippen LogP contribution is 2.28. The molecule has 25 heavy (non-hydrogen) atoms. The zero-order valence-corrected chi connectivity index (χ0v) is 15.4. The maximum absolute atomic E-state index is 12.8. The zero-order valence-electron chi connectivity index (χ0n) is 14.6. The van der Waals surface area contributed by atoms with Crippen molar-refractivity contribution in [3.05, 3.63) is 29.3 Å². The summed E-state index contributed by atoms with van der Waals surface area (Å²) in [6.45, 7) is 1.84. The van der Waals surface area contributed by atoms with E-state index in [9.17, 15) is 4.79 Å². The van der Waals surface area contributed by atoms with E-state index in [0.717, 1.165) is 31.7 Å². The summed E-state index contributed by atoms with van der Waals surface area (Å²) in [7, 11) is 0. The molecule has 1 aromatic rings. The molecular weight excluding hydrogens is 334 g/mol. The normalized spacial score (nSPS) is 25.1. The van der Waals surface area contributed by atoms with E-state index in [0.29, 0.717) is 5.25 Å². The van der Waals surface area contributed by atoms with Gasteiger partial charge in [-0.15, -0.1) is 0 Å². The zero-order chi connectivity index (χ0) is 17.1. The molecule has 3 aliphatic rings. The molecule has 0 radical (unpaired) electrons. The average Bonchev–Trinajstić information content (AvgIpc) is 3.39. The molecule has 0 spiro atoms. The fourth-order valence-electron chi connectivity index (χ4n) is 3.98. The molecule has 2 fully saturated rings. The second-order valence-corrected chi connectivity index (χ2v) is 8.54. The van der Waals surface area contributed by atoms with Crippen molar-refractivity contribution in [3.8, 4) is 5.75 Å². The highest BCUT2D eigenvalue weighted by Gasteiger charge is 2.30. The van der Waals surface area contributed by atoms with Gasteiger partial charge >= 0.3 is 0 Å². The van der Waals surface area contributed by atoms with Crippen LogP contribution in [0.5, 0.6) is 5.75 Å². The van der Waals surface area contributed by atoms with E-state index >= 15 is 0 Å². The minimum Gasteiger partial charge on any atom is -0.484 e. The molecule has 2 unspecified atom stereocenters. The number of aryl methyl sites for hydroxylation is 2. The van der Waals surface area contributed by atoms with Crippen molar-refractivity contribution in [2.24, 2.45) is 0 Å². The molecule has 0 aromatic heterocycles. The van der Waals surface area contributed by atoms with Crippen LogP contribution >= 0.6 is 11.8 Å². The Morgan fingerprint density at radius 3 is 2.96 bits per heavy atom. The number of fused-ring (bicyclic) bond motifs is 1. The quantitative estimate of drug-likeness (QED) is 0.813. The fourth-order valence-corrected chi connectivity index (χ4v) is 5.25. The van der Waals surface area contributed by atoms with Gasteiger partial charge in [-0.2, -0.15) is 11.8 Å². The van der Waals surface area contributed by atoms with Crippen LogP contribution in [0.15, 0.2) is 18.2 Å². The monoisotopic (exact) mass is 361 g/mol. The lowest BCUT2D eigenvalue weighted by atomic mass is 10.1. The summed E-state index contributed by atoms with van der Waals surface area (Å²) in [5.41, 5.74) is 9.19. The minimum absolute atomic E-state index is 0.0780. The van der Waals surface area contributed by atoms with E-state index in [1.807, 2.05) is 22.7 Å². The van der Waals surface area contributed by atoms with Crippen LogP contribution < -0.4 is 15.6 Å². The standard InChI is InChI=1S/C19H27N3O2S/c23-19(13-24-16-7-6-14-3-1-4-15(14)11-16)22(18-8-9-20-21-18)12-17-5-2-10-25-17/h6-7,11,17-18,20-21H,1-5,8-10,12-13H2. The first kappa shape index (κ1) is 17.2. The molecule has 4 rings (SSSR count). The molecule has 1 amide bonds. The third-order valence-corrected chi connectivity index (χ3v) is 6.75. The molecule has 2 heterocycles. The molecule has 2 aliphatic heterocycles. The van der Waals surface area contributed by atoms with Gasteiger partial charge in [0.25, 0.3) is 5.91 Å². The Balaban J connectivity index is 1.37. The van der Waals surface area contributed by atoms with Gasteiger partial charge in [-0.3, -0.25) is 10.2 Å². The van der Waals surface area contributed by atoms with Crippen LogP contribution in [0.2, 0.25) is 0 Å². The summed E-state index contributed by atoms with van der Waals surface area (Å²) in [6, 6.07) is 6.27. The number of nitrogens with one attached hydrogen (secondary N) is 2. The number of benzene rings is 1. The topological polar surface area (TPSA) is 53.6 Å². The Kier molecular flexibility index (Phi) is 5.48. The highest BCUT2D eigenvalue weighted by atomic mass is 32.2. The van der Waals surface area contributed by atoms with E-state index in [2.05, 4.69) is 23.0 Å². The van der Waals surface area contributed by atoms with E-state index in [-0.39, 0.29) is 18.7 Å². The van der Waals surface area contributed by atoms with Crippen molar-refractivity contribution in [1.29, 1.82) is 0 Å². The lowest BCUT2D eigenvalue weighted by Gasteiger charge is -2.30. The first-order valence-electron chi connectivity index (χ1n) is 9.44. The summed E-state index contributed by atoms with van der Waals surface area (Å²) < 4.78 is 5.85. The Labute approximate surface area is 153 Å². The van der Waals surface area contributed by atoms with Crippen LogP contribution in [0.3, 0.4) is 0 Å². The number of carbonyl (C=O) groups excluding carboxylic acids is 1. The van der Waals surface area contributed by atoms with Gasteiger partial charge in [-0.1, -0.05) is 6.07 Å². The van der Waals surface area contributed by atoms with Crippen molar-refractivity contribution in [2.75, 3.05) is 25.4 Å². The van der Waals surface area contributed by atoms with Crippen LogP contribution in [-0.4, -0.2) is 47.7 Å². The molecule has 136 valence electrons. The maximum Gasteiger partial charge on any atom is 0.261 e. The van der Waals surface area contributed by atoms with Crippen LogP contribution in [0, 0.1) is 0 Å². The van der Waals surface area contributed by atoms with Crippen molar-refractivity contribution in [2.45, 2.75) is 49.9 Å². The minimum atomic E-state index is 0.0780. The van der Waals surface area contributed by atoms with E-state index in [4.69, 9.17) is 4.74 Å². The van der Waals surface area contributed by atoms with E-state index in [1.54, 1.807) is 0 Å². The first-order chi connectivity index (χ1) is 12.3. The number of hydrogen-bond donors (Lipinski definition) is 2. The Morgan fingerprint density at radius 2 is 2.16 bits per heavy atom. The third-order valence-electron chi connectivity index (χ3n) is 5.36. The third kappa shape index (κ3) is 4.13. The average molecular weight is 362 g/mol. The summed E-state index contributed by atoms with van der Waals surface area (Å²) in [5, 5.41) is 0.561. The van der Waals surface area contributed by atoms with Crippen LogP contribution in [-0.2, 0) is 17.6 Å². The second kappa shape index (κ2) is 7.98. The van der Waals surface area contributed by atoms with Gasteiger partial charge in [0, 0.05) is 18.3 Å². The SMILES string of the molecule is O=C(COc1ccc2c(c1)CCC2)N(CC1CCCS1)C1CCNN1. The van der Waals surface area contributed by atoms with Gasteiger partial charge in [0.05, 0.1) is 6.17 Å². The van der Waals surface area contributed by atoms with Gasteiger partial charge in [0.1, 0.15) is 5.75 Å². The number of amides is 1.